The van der Waals surface area contributed by atoms with Gasteiger partial charge in [-0.25, -0.2) is 13.7 Å². The average molecular weight is 309 g/mol. The Bertz CT molecular complexity index is 699. The molecular formula is C15H19NO4S. The van der Waals surface area contributed by atoms with Crippen molar-refractivity contribution in [2.24, 2.45) is 0 Å². The fourth-order valence-corrected chi connectivity index (χ4v) is 2.67. The highest BCUT2D eigenvalue weighted by atomic mass is 32.2. The van der Waals surface area contributed by atoms with Crippen LogP contribution >= 0.6 is 0 Å². The first-order valence-corrected chi connectivity index (χ1v) is 7.75. The zero-order valence-corrected chi connectivity index (χ0v) is 13.3. The molecule has 0 spiro atoms. The van der Waals surface area contributed by atoms with Gasteiger partial charge in [-0.05, 0) is 45.4 Å². The summed E-state index contributed by atoms with van der Waals surface area (Å²) in [4.78, 5) is 11.5. The van der Waals surface area contributed by atoms with Crippen molar-refractivity contribution in [3.05, 3.63) is 35.6 Å². The molecule has 1 aromatic carbocycles. The van der Waals surface area contributed by atoms with Crippen LogP contribution in [0.2, 0.25) is 0 Å². The minimum Gasteiger partial charge on any atom is -0.480 e. The van der Waals surface area contributed by atoms with E-state index in [-0.39, 0.29) is 5.76 Å². The van der Waals surface area contributed by atoms with Crippen LogP contribution in [0.25, 0.3) is 11.0 Å². The van der Waals surface area contributed by atoms with E-state index in [4.69, 9.17) is 4.42 Å². The molecule has 114 valence electrons. The van der Waals surface area contributed by atoms with Gasteiger partial charge < -0.3 is 9.52 Å². The van der Waals surface area contributed by atoms with E-state index >= 15 is 0 Å². The molecule has 6 heteroatoms. The number of carboxylic acids is 1. The van der Waals surface area contributed by atoms with E-state index in [2.05, 4.69) is 4.72 Å². The first-order valence-electron chi connectivity index (χ1n) is 6.60. The van der Waals surface area contributed by atoms with Crippen molar-refractivity contribution in [1.82, 2.24) is 4.72 Å². The predicted octanol–water partition coefficient (Wildman–Crippen LogP) is 2.92. The Morgan fingerprint density at radius 3 is 2.57 bits per heavy atom. The number of nitrogens with one attached hydrogen (secondary N) is 1. The first-order chi connectivity index (χ1) is 9.70. The van der Waals surface area contributed by atoms with Gasteiger partial charge in [-0.3, -0.25) is 0 Å². The molecule has 2 rings (SSSR count). The molecule has 2 atom stereocenters. The van der Waals surface area contributed by atoms with E-state index in [1.165, 1.54) is 0 Å². The van der Waals surface area contributed by atoms with Gasteiger partial charge in [0.05, 0.1) is 15.7 Å². The lowest BCUT2D eigenvalue weighted by atomic mass is 10.1. The lowest BCUT2D eigenvalue weighted by Gasteiger charge is -2.20. The van der Waals surface area contributed by atoms with Crippen LogP contribution in [0.4, 0.5) is 0 Å². The highest BCUT2D eigenvalue weighted by molar-refractivity contribution is 7.84. The zero-order chi connectivity index (χ0) is 15.8. The van der Waals surface area contributed by atoms with Crippen molar-refractivity contribution in [3.8, 4) is 0 Å². The molecule has 0 saturated heterocycles. The maximum atomic E-state index is 12.1. The van der Waals surface area contributed by atoms with Gasteiger partial charge in [0.1, 0.15) is 11.3 Å². The molecule has 0 saturated carbocycles. The van der Waals surface area contributed by atoms with Crippen LogP contribution < -0.4 is 4.72 Å². The minimum absolute atomic E-state index is 0.254. The molecule has 21 heavy (non-hydrogen) atoms. The fourth-order valence-electron chi connectivity index (χ4n) is 1.88. The van der Waals surface area contributed by atoms with Crippen LogP contribution in [0.1, 0.15) is 38.1 Å². The van der Waals surface area contributed by atoms with Gasteiger partial charge in [0.2, 0.25) is 0 Å². The molecule has 1 aromatic heterocycles. The molecule has 0 radical (unpaired) electrons. The van der Waals surface area contributed by atoms with E-state index in [0.29, 0.717) is 5.58 Å². The van der Waals surface area contributed by atoms with Crippen LogP contribution in [0.5, 0.6) is 0 Å². The summed E-state index contributed by atoms with van der Waals surface area (Å²) in [6.07, 6.45) is 0. The van der Waals surface area contributed by atoms with Gasteiger partial charge in [0.25, 0.3) is 0 Å². The molecule has 0 aliphatic carbocycles. The van der Waals surface area contributed by atoms with Crippen molar-refractivity contribution in [3.63, 3.8) is 0 Å². The third kappa shape index (κ3) is 3.33. The number of aliphatic carboxylic acids is 1. The van der Waals surface area contributed by atoms with Gasteiger partial charge in [0, 0.05) is 5.39 Å². The van der Waals surface area contributed by atoms with Gasteiger partial charge in [0.15, 0.2) is 6.04 Å². The van der Waals surface area contributed by atoms with Crippen LogP contribution in [0.15, 0.2) is 28.7 Å². The zero-order valence-electron chi connectivity index (χ0n) is 12.5. The number of benzene rings is 1. The summed E-state index contributed by atoms with van der Waals surface area (Å²) in [5.74, 6) is -0.867. The topological polar surface area (TPSA) is 79.5 Å². The highest BCUT2D eigenvalue weighted by Crippen LogP contribution is 2.27. The van der Waals surface area contributed by atoms with Crippen molar-refractivity contribution in [2.45, 2.75) is 38.5 Å². The number of carboxylic acid groups (broad SMARTS) is 1. The van der Waals surface area contributed by atoms with Crippen LogP contribution in [0.3, 0.4) is 0 Å². The van der Waals surface area contributed by atoms with E-state index in [1.807, 2.05) is 19.1 Å². The molecular weight excluding hydrogens is 290 g/mol. The smallest absolute Gasteiger partial charge is 0.329 e. The minimum atomic E-state index is -1.51. The van der Waals surface area contributed by atoms with Crippen molar-refractivity contribution >= 4 is 27.9 Å². The van der Waals surface area contributed by atoms with Gasteiger partial charge >= 0.3 is 5.97 Å². The Labute approximate surface area is 125 Å². The quantitative estimate of drug-likeness (QED) is 0.910. The molecule has 0 aliphatic heterocycles. The summed E-state index contributed by atoms with van der Waals surface area (Å²) in [5, 5.41) is 10.2. The summed E-state index contributed by atoms with van der Waals surface area (Å²) >= 11 is 0. The van der Waals surface area contributed by atoms with Gasteiger partial charge in [-0.2, -0.15) is 0 Å². The number of fused-ring (bicyclic) bond motifs is 1. The molecule has 0 fully saturated rings. The highest BCUT2D eigenvalue weighted by Gasteiger charge is 2.30. The third-order valence-electron chi connectivity index (χ3n) is 3.11. The Hall–Kier alpha value is -1.66. The molecule has 1 heterocycles. The van der Waals surface area contributed by atoms with Crippen LogP contribution in [-0.4, -0.2) is 20.0 Å². The van der Waals surface area contributed by atoms with Gasteiger partial charge in [-0.1, -0.05) is 12.1 Å². The maximum Gasteiger partial charge on any atom is 0.329 e. The molecule has 2 aromatic rings. The predicted molar refractivity (Wildman–Crippen MR) is 82.4 cm³/mol. The summed E-state index contributed by atoms with van der Waals surface area (Å²) in [6, 6.07) is 6.11. The average Bonchev–Trinajstić information content (AvgIpc) is 2.79. The Morgan fingerprint density at radius 1 is 1.38 bits per heavy atom. The summed E-state index contributed by atoms with van der Waals surface area (Å²) in [5.41, 5.74) is 1.63. The first kappa shape index (κ1) is 15.7. The number of hydrogen-bond donors (Lipinski definition) is 2. The lowest BCUT2D eigenvalue weighted by Crippen LogP contribution is -2.38. The molecule has 5 nitrogen and oxygen atoms in total. The standard InChI is InChI=1S/C15H19NO4S/c1-9-6-5-7-11-10(9)8-12(20-11)13(14(17)18)16-21(19)15(2,3)4/h5-8,13,16H,1-4H3,(H,17,18)/t13-,21-/m0/s1. The maximum absolute atomic E-state index is 12.1. The second-order valence-corrected chi connectivity index (χ2v) is 7.90. The number of hydrogen-bond acceptors (Lipinski definition) is 3. The largest absolute Gasteiger partial charge is 0.480 e. The summed E-state index contributed by atoms with van der Waals surface area (Å²) in [6.45, 7) is 7.26. The van der Waals surface area contributed by atoms with Crippen LogP contribution in [-0.2, 0) is 15.8 Å². The Balaban J connectivity index is 2.39. The third-order valence-corrected chi connectivity index (χ3v) is 4.67. The number of rotatable bonds is 4. The normalized spacial score (nSPS) is 15.0. The number of aryl methyl sites for hydroxylation is 1. The van der Waals surface area contributed by atoms with Crippen molar-refractivity contribution < 1.29 is 18.5 Å². The van der Waals surface area contributed by atoms with Crippen molar-refractivity contribution in [2.75, 3.05) is 0 Å². The van der Waals surface area contributed by atoms with E-state index in [9.17, 15) is 14.1 Å². The SMILES string of the molecule is Cc1cccc2oc([C@H](N[S@@](=O)C(C)(C)C)C(=O)O)cc12. The summed E-state index contributed by atoms with van der Waals surface area (Å²) in [7, 11) is -1.51. The molecule has 2 N–H and O–H groups in total. The molecule has 0 aliphatic rings. The second kappa shape index (κ2) is 5.61. The second-order valence-electron chi connectivity index (χ2n) is 5.91. The lowest BCUT2D eigenvalue weighted by molar-refractivity contribution is -0.139. The van der Waals surface area contributed by atoms with Crippen molar-refractivity contribution in [1.29, 1.82) is 0 Å². The van der Waals surface area contributed by atoms with Gasteiger partial charge in [-0.15, -0.1) is 0 Å². The molecule has 0 unspecified atom stereocenters. The number of carbonyl (C=O) groups is 1. The summed E-state index contributed by atoms with van der Waals surface area (Å²) < 4.78 is 19.8. The fraction of sp³-hybridized carbons (Fsp3) is 0.400. The Kier molecular flexibility index (Phi) is 4.20. The van der Waals surface area contributed by atoms with E-state index in [1.54, 1.807) is 32.9 Å². The monoisotopic (exact) mass is 309 g/mol. The number of furan rings is 1. The molecule has 0 amide bonds. The van der Waals surface area contributed by atoms with Crippen LogP contribution in [0, 0.1) is 6.92 Å². The van der Waals surface area contributed by atoms with E-state index in [0.717, 1.165) is 10.9 Å². The molecule has 0 bridgehead atoms. The van der Waals surface area contributed by atoms with E-state index < -0.39 is 27.7 Å². The Morgan fingerprint density at radius 2 is 2.05 bits per heavy atom.